The van der Waals surface area contributed by atoms with Gasteiger partial charge in [-0.2, -0.15) is 5.10 Å². The molecule has 1 aliphatic rings. The van der Waals surface area contributed by atoms with Crippen molar-refractivity contribution in [1.82, 2.24) is 14.7 Å². The number of aromatic nitrogens is 2. The number of carbonyl (C=O) groups excluding carboxylic acids is 4. The minimum atomic E-state index is -1.14. The Kier molecular flexibility index (Phi) is 6.64. The Balaban J connectivity index is 1.39. The molecule has 192 valence electrons. The number of nitrogens with zero attached hydrogens (tertiary/aromatic N) is 3. The lowest BCUT2D eigenvalue weighted by Gasteiger charge is -2.23. The number of para-hydroxylation sites is 1. The van der Waals surface area contributed by atoms with Crippen molar-refractivity contribution in [3.05, 3.63) is 83.3 Å². The molecular weight excluding hydrogens is 513 g/mol. The van der Waals surface area contributed by atoms with E-state index in [1.807, 2.05) is 0 Å². The second-order valence-electron chi connectivity index (χ2n) is 8.74. The molecule has 2 heterocycles. The van der Waals surface area contributed by atoms with E-state index in [1.165, 1.54) is 16.8 Å². The van der Waals surface area contributed by atoms with Gasteiger partial charge in [-0.05, 0) is 24.6 Å². The summed E-state index contributed by atoms with van der Waals surface area (Å²) >= 11 is 6.22. The first-order valence-electron chi connectivity index (χ1n) is 11.7. The number of benzene rings is 3. The predicted octanol–water partition coefficient (Wildman–Crippen LogP) is 3.75. The molecule has 1 saturated heterocycles. The number of hydrogen-bond acceptors (Lipinski definition) is 5. The van der Waals surface area contributed by atoms with Gasteiger partial charge in [-0.15, -0.1) is 0 Å². The van der Waals surface area contributed by atoms with Gasteiger partial charge < -0.3 is 11.1 Å². The molecule has 9 nitrogen and oxygen atoms in total. The fraction of sp³-hybridized carbons (Fsp3) is 0.148. The zero-order chi connectivity index (χ0) is 27.0. The largest absolute Gasteiger partial charge is 0.364 e. The van der Waals surface area contributed by atoms with Crippen LogP contribution in [0.3, 0.4) is 0 Å². The summed E-state index contributed by atoms with van der Waals surface area (Å²) in [6.07, 6.45) is 0.0486. The van der Waals surface area contributed by atoms with Gasteiger partial charge in [-0.3, -0.25) is 28.8 Å². The normalized spacial score (nSPS) is 15.2. The zero-order valence-corrected chi connectivity index (χ0v) is 20.6. The van der Waals surface area contributed by atoms with E-state index in [4.69, 9.17) is 17.3 Å². The predicted molar refractivity (Wildman–Crippen MR) is 139 cm³/mol. The fourth-order valence-electron chi connectivity index (χ4n) is 4.61. The molecule has 1 aromatic heterocycles. The summed E-state index contributed by atoms with van der Waals surface area (Å²) in [6, 6.07) is 16.8. The van der Waals surface area contributed by atoms with E-state index in [9.17, 15) is 19.2 Å². The van der Waals surface area contributed by atoms with Gasteiger partial charge in [0.15, 0.2) is 11.5 Å². The molecule has 5 rings (SSSR count). The molecule has 0 radical (unpaired) electrons. The second-order valence-corrected chi connectivity index (χ2v) is 9.14. The molecule has 4 amide bonds. The Morgan fingerprint density at radius 3 is 2.50 bits per heavy atom. The molecule has 3 aromatic carbocycles. The highest BCUT2D eigenvalue weighted by molar-refractivity contribution is 6.33. The van der Waals surface area contributed by atoms with E-state index >= 15 is 4.39 Å². The van der Waals surface area contributed by atoms with Crippen LogP contribution in [0.5, 0.6) is 0 Å². The summed E-state index contributed by atoms with van der Waals surface area (Å²) in [6.45, 7) is -0.403. The third-order valence-corrected chi connectivity index (χ3v) is 6.71. The van der Waals surface area contributed by atoms with Gasteiger partial charge in [0, 0.05) is 28.0 Å². The van der Waals surface area contributed by atoms with E-state index in [2.05, 4.69) is 10.4 Å². The molecule has 1 atom stereocenters. The van der Waals surface area contributed by atoms with Crippen LogP contribution >= 0.6 is 11.6 Å². The van der Waals surface area contributed by atoms with Gasteiger partial charge in [0.2, 0.25) is 11.8 Å². The van der Waals surface area contributed by atoms with Gasteiger partial charge in [0.05, 0.1) is 11.2 Å². The molecule has 1 aliphatic heterocycles. The number of hydrogen-bond donors (Lipinski definition) is 2. The first-order valence-corrected chi connectivity index (χ1v) is 12.1. The Bertz CT molecular complexity index is 1620. The lowest BCUT2D eigenvalue weighted by atomic mass is 10.0. The third-order valence-electron chi connectivity index (χ3n) is 6.38. The molecule has 11 heteroatoms. The van der Waals surface area contributed by atoms with Crippen molar-refractivity contribution in [3.8, 4) is 11.1 Å². The van der Waals surface area contributed by atoms with Crippen molar-refractivity contribution >= 4 is 51.8 Å². The molecule has 0 unspecified atom stereocenters. The van der Waals surface area contributed by atoms with Crippen LogP contribution in [0.25, 0.3) is 22.0 Å². The van der Waals surface area contributed by atoms with Crippen LogP contribution in [-0.2, 0) is 20.9 Å². The van der Waals surface area contributed by atoms with Crippen molar-refractivity contribution in [2.75, 3.05) is 5.32 Å². The van der Waals surface area contributed by atoms with E-state index in [0.717, 1.165) is 4.90 Å². The topological polar surface area (TPSA) is 127 Å². The molecule has 38 heavy (non-hydrogen) atoms. The lowest BCUT2D eigenvalue weighted by Crippen LogP contribution is -2.46. The van der Waals surface area contributed by atoms with E-state index in [0.29, 0.717) is 21.5 Å². The van der Waals surface area contributed by atoms with Gasteiger partial charge in [0.25, 0.3) is 11.8 Å². The summed E-state index contributed by atoms with van der Waals surface area (Å²) in [7, 11) is 0. The highest BCUT2D eigenvalue weighted by Crippen LogP contribution is 2.33. The first kappa shape index (κ1) is 25.1. The number of carbonyl (C=O) groups is 4. The van der Waals surface area contributed by atoms with Crippen molar-refractivity contribution < 1.29 is 23.6 Å². The van der Waals surface area contributed by atoms with Crippen molar-refractivity contribution in [3.63, 3.8) is 0 Å². The number of amides is 4. The number of imide groups is 1. The number of halogens is 2. The number of nitrogens with two attached hydrogens (primary N) is 1. The van der Waals surface area contributed by atoms with E-state index in [1.54, 1.807) is 54.6 Å². The van der Waals surface area contributed by atoms with Crippen LogP contribution in [0, 0.1) is 5.82 Å². The monoisotopic (exact) mass is 533 g/mol. The SMILES string of the molecule is NC(=O)c1nn(CC(=O)N2C(=O)CC[C@H]2C(=O)Nc2cccc(-c3ccccc3Cl)c2F)c2ccccc12. The number of anilines is 1. The van der Waals surface area contributed by atoms with Crippen molar-refractivity contribution in [1.29, 1.82) is 0 Å². The molecule has 0 spiro atoms. The quantitative estimate of drug-likeness (QED) is 0.390. The average Bonchev–Trinajstić information content (AvgIpc) is 3.47. The zero-order valence-electron chi connectivity index (χ0n) is 19.9. The molecule has 4 aromatic rings. The number of likely N-dealkylation sites (tertiary alicyclic amines) is 1. The maximum atomic E-state index is 15.4. The van der Waals surface area contributed by atoms with Crippen molar-refractivity contribution in [2.45, 2.75) is 25.4 Å². The Hall–Kier alpha value is -4.57. The Morgan fingerprint density at radius 2 is 1.74 bits per heavy atom. The summed E-state index contributed by atoms with van der Waals surface area (Å²) < 4.78 is 16.6. The van der Waals surface area contributed by atoms with Gasteiger partial charge in [-0.1, -0.05) is 60.1 Å². The molecule has 0 bridgehead atoms. The number of fused-ring (bicyclic) bond motifs is 1. The van der Waals surface area contributed by atoms with E-state index < -0.39 is 42.0 Å². The number of rotatable bonds is 6. The molecule has 1 fully saturated rings. The third kappa shape index (κ3) is 4.50. The highest BCUT2D eigenvalue weighted by atomic mass is 35.5. The van der Waals surface area contributed by atoms with Gasteiger partial charge in [-0.25, -0.2) is 4.39 Å². The van der Waals surface area contributed by atoms with Crippen LogP contribution in [-0.4, -0.2) is 44.4 Å². The number of nitrogens with one attached hydrogen (secondary N) is 1. The lowest BCUT2D eigenvalue weighted by molar-refractivity contribution is -0.147. The summed E-state index contributed by atoms with van der Waals surface area (Å²) in [5.74, 6) is -3.39. The standard InChI is InChI=1S/C27H21ClFN5O4/c28-18-9-3-1-6-15(18)16-8-5-10-19(24(16)29)31-27(38)21-12-13-22(35)34(21)23(36)14-33-20-11-4-2-7-17(20)25(32-33)26(30)37/h1-11,21H,12-14H2,(H2,30,37)(H,31,38)/t21-/m0/s1. The average molecular weight is 534 g/mol. The fourth-order valence-corrected chi connectivity index (χ4v) is 4.85. The van der Waals surface area contributed by atoms with Gasteiger partial charge in [0.1, 0.15) is 12.6 Å². The molecular formula is C27H21ClFN5O4. The van der Waals surface area contributed by atoms with Crippen LogP contribution in [0.1, 0.15) is 23.3 Å². The van der Waals surface area contributed by atoms with Crippen LogP contribution in [0.15, 0.2) is 66.7 Å². The maximum absolute atomic E-state index is 15.4. The first-order chi connectivity index (χ1) is 18.3. The van der Waals surface area contributed by atoms with Gasteiger partial charge >= 0.3 is 0 Å². The minimum absolute atomic E-state index is 0.00989. The van der Waals surface area contributed by atoms with Crippen LogP contribution in [0.4, 0.5) is 10.1 Å². The van der Waals surface area contributed by atoms with Crippen molar-refractivity contribution in [2.24, 2.45) is 5.73 Å². The Labute approximate surface area is 221 Å². The smallest absolute Gasteiger partial charge is 0.269 e. The second kappa shape index (κ2) is 10.1. The summed E-state index contributed by atoms with van der Waals surface area (Å²) in [5.41, 5.74) is 6.42. The molecule has 3 N–H and O–H groups in total. The van der Waals surface area contributed by atoms with Crippen LogP contribution < -0.4 is 11.1 Å². The van der Waals surface area contributed by atoms with E-state index in [-0.39, 0.29) is 29.8 Å². The maximum Gasteiger partial charge on any atom is 0.269 e. The Morgan fingerprint density at radius 1 is 1.03 bits per heavy atom. The number of primary amides is 1. The van der Waals surface area contributed by atoms with Crippen LogP contribution in [0.2, 0.25) is 5.02 Å². The molecule has 0 saturated carbocycles. The minimum Gasteiger partial charge on any atom is -0.364 e. The highest BCUT2D eigenvalue weighted by Gasteiger charge is 2.40. The summed E-state index contributed by atoms with van der Waals surface area (Å²) in [5, 5.41) is 7.46. The summed E-state index contributed by atoms with van der Waals surface area (Å²) in [4.78, 5) is 51.7. The molecule has 0 aliphatic carbocycles.